The van der Waals surface area contributed by atoms with Crippen LogP contribution in [0.5, 0.6) is 17.2 Å². The maximum Gasteiger partial charge on any atom is 0.211 e. The van der Waals surface area contributed by atoms with Gasteiger partial charge in [0.15, 0.2) is 0 Å². The molecular weight excluding hydrogens is 419 g/mol. The Morgan fingerprint density at radius 1 is 0.656 bits per heavy atom. The van der Waals surface area contributed by atoms with E-state index in [0.29, 0.717) is 33.4 Å². The molecule has 0 saturated carbocycles. The van der Waals surface area contributed by atoms with Crippen molar-refractivity contribution in [2.24, 2.45) is 0 Å². The molecule has 0 spiro atoms. The van der Waals surface area contributed by atoms with Gasteiger partial charge in [0.2, 0.25) is 7.14 Å². The molecule has 0 aliphatic heterocycles. The molecule has 0 saturated heterocycles. The third kappa shape index (κ3) is 4.08. The summed E-state index contributed by atoms with van der Waals surface area (Å²) in [4.78, 5) is 0. The normalized spacial score (nSPS) is 10.8. The molecule has 4 aromatic rings. The highest BCUT2D eigenvalue weighted by atomic mass is 31.2. The summed E-state index contributed by atoms with van der Waals surface area (Å²) in [6, 6.07) is 26.2. The molecule has 32 heavy (non-hydrogen) atoms. The highest BCUT2D eigenvalue weighted by molar-refractivity contribution is 7.83. The van der Waals surface area contributed by atoms with Crippen LogP contribution in [0.15, 0.2) is 84.9 Å². The average Bonchev–Trinajstić information content (AvgIpc) is 2.87. The SMILES string of the molecule is COc1ccc(P(=O)(C#Cc2c(OC)ccc3ccccc23)c2ccc(OC)cc2)cc1. The summed E-state index contributed by atoms with van der Waals surface area (Å²) in [5, 5.41) is 3.27. The summed E-state index contributed by atoms with van der Waals surface area (Å²) < 4.78 is 30.5. The van der Waals surface area contributed by atoms with Crippen molar-refractivity contribution < 1.29 is 18.8 Å². The molecular formula is C27H23O4P. The highest BCUT2D eigenvalue weighted by Gasteiger charge is 2.25. The Balaban J connectivity index is 1.92. The number of hydrogen-bond acceptors (Lipinski definition) is 4. The molecule has 0 heterocycles. The first-order valence-corrected chi connectivity index (χ1v) is 11.8. The molecule has 0 N–H and O–H groups in total. The highest BCUT2D eigenvalue weighted by Crippen LogP contribution is 2.43. The van der Waals surface area contributed by atoms with Crippen molar-refractivity contribution in [1.29, 1.82) is 0 Å². The number of fused-ring (bicyclic) bond motifs is 1. The number of methoxy groups -OCH3 is 3. The molecule has 4 rings (SSSR count). The van der Waals surface area contributed by atoms with Gasteiger partial charge in [0.05, 0.1) is 26.9 Å². The Bertz CT molecular complexity index is 1300. The lowest BCUT2D eigenvalue weighted by Crippen LogP contribution is -2.14. The quantitative estimate of drug-likeness (QED) is 0.315. The van der Waals surface area contributed by atoms with Crippen molar-refractivity contribution >= 4 is 28.5 Å². The van der Waals surface area contributed by atoms with E-state index < -0.39 is 7.14 Å². The largest absolute Gasteiger partial charge is 0.497 e. The van der Waals surface area contributed by atoms with Crippen LogP contribution in [-0.4, -0.2) is 21.3 Å². The number of rotatable bonds is 5. The summed E-state index contributed by atoms with van der Waals surface area (Å²) in [5.74, 6) is 5.23. The lowest BCUT2D eigenvalue weighted by molar-refractivity contribution is 0.414. The second kappa shape index (κ2) is 9.22. The molecule has 0 aliphatic rings. The molecule has 0 radical (unpaired) electrons. The zero-order chi connectivity index (χ0) is 22.6. The van der Waals surface area contributed by atoms with Crippen LogP contribution in [0, 0.1) is 11.6 Å². The minimum absolute atomic E-state index is 0.634. The summed E-state index contributed by atoms with van der Waals surface area (Å²) in [5.41, 5.74) is 3.85. The summed E-state index contributed by atoms with van der Waals surface area (Å²) in [7, 11) is 1.53. The van der Waals surface area contributed by atoms with Gasteiger partial charge in [-0.15, -0.1) is 0 Å². The molecule has 0 aliphatic carbocycles. The molecule has 0 fully saturated rings. The van der Waals surface area contributed by atoms with Crippen molar-refractivity contribution in [2.75, 3.05) is 21.3 Å². The standard InChI is InChI=1S/C27H23O4P/c1-29-21-9-13-23(14-10-21)32(28,24-15-11-22(30-2)12-16-24)19-18-26-25-7-5-4-6-20(25)8-17-27(26)31-3/h4-17H,1-3H3. The van der Waals surface area contributed by atoms with Gasteiger partial charge < -0.3 is 14.2 Å². The van der Waals surface area contributed by atoms with Gasteiger partial charge in [0, 0.05) is 16.0 Å². The van der Waals surface area contributed by atoms with E-state index in [1.165, 1.54) is 0 Å². The van der Waals surface area contributed by atoms with E-state index >= 15 is 0 Å². The van der Waals surface area contributed by atoms with Crippen LogP contribution in [0.4, 0.5) is 0 Å². The predicted molar refractivity (Wildman–Crippen MR) is 130 cm³/mol. The van der Waals surface area contributed by atoms with E-state index in [-0.39, 0.29) is 0 Å². The van der Waals surface area contributed by atoms with Gasteiger partial charge in [-0.1, -0.05) is 36.3 Å². The summed E-state index contributed by atoms with van der Waals surface area (Å²) >= 11 is 0. The maximum atomic E-state index is 14.4. The van der Waals surface area contributed by atoms with Crippen molar-refractivity contribution in [2.45, 2.75) is 0 Å². The minimum atomic E-state index is -3.29. The lowest BCUT2D eigenvalue weighted by atomic mass is 10.0. The summed E-state index contributed by atoms with van der Waals surface area (Å²) in [6.45, 7) is 0. The smallest absolute Gasteiger partial charge is 0.211 e. The van der Waals surface area contributed by atoms with Gasteiger partial charge in [-0.25, -0.2) is 0 Å². The van der Waals surface area contributed by atoms with E-state index in [4.69, 9.17) is 14.2 Å². The molecule has 160 valence electrons. The fraction of sp³-hybridized carbons (Fsp3) is 0.111. The Morgan fingerprint density at radius 3 is 1.75 bits per heavy atom. The molecule has 0 atom stereocenters. The number of ether oxygens (including phenoxy) is 3. The van der Waals surface area contributed by atoms with Crippen LogP contribution in [0.1, 0.15) is 5.56 Å². The zero-order valence-corrected chi connectivity index (χ0v) is 19.1. The van der Waals surface area contributed by atoms with Crippen LogP contribution in [0.25, 0.3) is 10.8 Å². The molecule has 4 nitrogen and oxygen atoms in total. The first-order chi connectivity index (χ1) is 15.6. The van der Waals surface area contributed by atoms with Gasteiger partial charge in [-0.2, -0.15) is 0 Å². The van der Waals surface area contributed by atoms with E-state index in [1.54, 1.807) is 69.9 Å². The zero-order valence-electron chi connectivity index (χ0n) is 18.2. The molecule has 0 amide bonds. The Hall–Kier alpha value is -3.67. The fourth-order valence-electron chi connectivity index (χ4n) is 3.55. The number of hydrogen-bond donors (Lipinski definition) is 0. The Labute approximate surface area is 188 Å². The number of benzene rings is 4. The first-order valence-electron chi connectivity index (χ1n) is 10.1. The topological polar surface area (TPSA) is 44.8 Å². The second-order valence-electron chi connectivity index (χ2n) is 7.11. The van der Waals surface area contributed by atoms with E-state index in [2.05, 4.69) is 11.6 Å². The van der Waals surface area contributed by atoms with Crippen molar-refractivity contribution in [3.05, 3.63) is 90.5 Å². The third-order valence-corrected chi connectivity index (χ3v) is 7.80. The fourth-order valence-corrected chi connectivity index (χ4v) is 5.51. The van der Waals surface area contributed by atoms with Crippen molar-refractivity contribution in [3.8, 4) is 28.8 Å². The van der Waals surface area contributed by atoms with Crippen molar-refractivity contribution in [3.63, 3.8) is 0 Å². The van der Waals surface area contributed by atoms with E-state index in [9.17, 15) is 4.57 Å². The van der Waals surface area contributed by atoms with Gasteiger partial charge in [-0.3, -0.25) is 4.57 Å². The third-order valence-electron chi connectivity index (χ3n) is 5.32. The first kappa shape index (κ1) is 21.6. The molecule has 0 aromatic heterocycles. The monoisotopic (exact) mass is 442 g/mol. The van der Waals surface area contributed by atoms with Crippen LogP contribution in [0.2, 0.25) is 0 Å². The van der Waals surface area contributed by atoms with Crippen molar-refractivity contribution in [1.82, 2.24) is 0 Å². The van der Waals surface area contributed by atoms with Gasteiger partial charge >= 0.3 is 0 Å². The van der Waals surface area contributed by atoms with Crippen LogP contribution >= 0.6 is 7.14 Å². The molecule has 0 bridgehead atoms. The second-order valence-corrected chi connectivity index (χ2v) is 9.58. The molecule has 0 unspecified atom stereocenters. The minimum Gasteiger partial charge on any atom is -0.497 e. The van der Waals surface area contributed by atoms with Gasteiger partial charge in [0.25, 0.3) is 0 Å². The van der Waals surface area contributed by atoms with Gasteiger partial charge in [-0.05, 0) is 65.6 Å². The Kier molecular flexibility index (Phi) is 6.21. The molecule has 5 heteroatoms. The predicted octanol–water partition coefficient (Wildman–Crippen LogP) is 5.19. The lowest BCUT2D eigenvalue weighted by Gasteiger charge is -2.14. The average molecular weight is 442 g/mol. The van der Waals surface area contributed by atoms with E-state index in [0.717, 1.165) is 10.8 Å². The van der Waals surface area contributed by atoms with Crippen LogP contribution in [-0.2, 0) is 4.57 Å². The van der Waals surface area contributed by atoms with E-state index in [1.807, 2.05) is 36.4 Å². The molecule has 4 aromatic carbocycles. The Morgan fingerprint density at radius 2 is 1.22 bits per heavy atom. The van der Waals surface area contributed by atoms with Gasteiger partial charge in [0.1, 0.15) is 17.2 Å². The van der Waals surface area contributed by atoms with Crippen LogP contribution < -0.4 is 24.8 Å². The summed E-state index contributed by atoms with van der Waals surface area (Å²) in [6.07, 6.45) is 0. The van der Waals surface area contributed by atoms with Crippen LogP contribution in [0.3, 0.4) is 0 Å². The maximum absolute atomic E-state index is 14.4.